The van der Waals surface area contributed by atoms with E-state index < -0.39 is 5.91 Å². The van der Waals surface area contributed by atoms with Crippen LogP contribution in [0.1, 0.15) is 47.1 Å². The number of carbonyl (C=O) groups is 4. The molecule has 0 fully saturated rings. The summed E-state index contributed by atoms with van der Waals surface area (Å²) in [5, 5.41) is 4.52. The lowest BCUT2D eigenvalue weighted by molar-refractivity contribution is -0.116. The first-order valence-corrected chi connectivity index (χ1v) is 10.2. The van der Waals surface area contributed by atoms with Crippen molar-refractivity contribution in [3.05, 3.63) is 86.6 Å². The second-order valence-electron chi connectivity index (χ2n) is 6.51. The van der Waals surface area contributed by atoms with Gasteiger partial charge in [-0.3, -0.25) is 19.2 Å². The van der Waals surface area contributed by atoms with Crippen molar-refractivity contribution in [3.63, 3.8) is 0 Å². The summed E-state index contributed by atoms with van der Waals surface area (Å²) < 4.78 is 0. The zero-order valence-electron chi connectivity index (χ0n) is 15.0. The van der Waals surface area contributed by atoms with Crippen LogP contribution in [0, 0.1) is 0 Å². The first kappa shape index (κ1) is 19.2. The molecule has 0 saturated heterocycles. The van der Waals surface area contributed by atoms with Crippen LogP contribution in [0.5, 0.6) is 0 Å². The van der Waals surface area contributed by atoms with Gasteiger partial charge in [0.25, 0.3) is 5.91 Å². The number of anilines is 1. The molecule has 0 spiro atoms. The number of hydrogen-bond acceptors (Lipinski definition) is 5. The van der Waals surface area contributed by atoms with Crippen LogP contribution in [-0.2, 0) is 11.2 Å². The number of fused-ring (bicyclic) bond motifs is 2. The Labute approximate surface area is 175 Å². The molecule has 2 aromatic carbocycles. The summed E-state index contributed by atoms with van der Waals surface area (Å²) in [4.78, 5) is 51.3. The van der Waals surface area contributed by atoms with Gasteiger partial charge in [0.05, 0.1) is 22.0 Å². The fourth-order valence-electron chi connectivity index (χ4n) is 3.36. The van der Waals surface area contributed by atoms with E-state index in [1.54, 1.807) is 47.8 Å². The Morgan fingerprint density at radius 3 is 2.28 bits per heavy atom. The number of alkyl halides is 1. The van der Waals surface area contributed by atoms with Crippen LogP contribution in [0.4, 0.5) is 5.69 Å². The number of carbonyl (C=O) groups excluding carboxylic acids is 4. The van der Waals surface area contributed by atoms with E-state index in [1.807, 2.05) is 0 Å². The first-order valence-electron chi connectivity index (χ1n) is 8.78. The van der Waals surface area contributed by atoms with E-state index in [9.17, 15) is 19.2 Å². The molecule has 3 aromatic rings. The summed E-state index contributed by atoms with van der Waals surface area (Å²) in [7, 11) is 0. The number of rotatable bonds is 5. The second-order valence-corrected chi connectivity index (χ2v) is 7.72. The molecule has 1 aromatic heterocycles. The van der Waals surface area contributed by atoms with Crippen molar-refractivity contribution in [3.8, 4) is 0 Å². The fraction of sp³-hybridized carbons (Fsp3) is 0.0909. The molecule has 0 atom stereocenters. The first-order chi connectivity index (χ1) is 14.0. The number of ketones is 3. The topological polar surface area (TPSA) is 80.3 Å². The zero-order valence-corrected chi connectivity index (χ0v) is 16.6. The smallest absolute Gasteiger partial charge is 0.265 e. The molecule has 0 bridgehead atoms. The highest BCUT2D eigenvalue weighted by molar-refractivity contribution is 7.12. The average Bonchev–Trinajstić information content (AvgIpc) is 3.28. The third-order valence-corrected chi connectivity index (χ3v) is 5.87. The van der Waals surface area contributed by atoms with Crippen molar-refractivity contribution in [1.29, 1.82) is 0 Å². The predicted octanol–water partition coefficient (Wildman–Crippen LogP) is 4.13. The number of benzene rings is 2. The van der Waals surface area contributed by atoms with Crippen molar-refractivity contribution < 1.29 is 19.2 Å². The normalized spacial score (nSPS) is 12.3. The zero-order chi connectivity index (χ0) is 20.5. The van der Waals surface area contributed by atoms with Crippen LogP contribution in [0.15, 0.2) is 53.9 Å². The molecule has 0 aliphatic heterocycles. The van der Waals surface area contributed by atoms with Crippen molar-refractivity contribution in [1.82, 2.24) is 0 Å². The Kier molecular flexibility index (Phi) is 5.13. The summed E-state index contributed by atoms with van der Waals surface area (Å²) in [5.74, 6) is -1.51. The van der Waals surface area contributed by atoms with Crippen LogP contribution in [0.25, 0.3) is 0 Å². The molecule has 5 nitrogen and oxygen atoms in total. The summed E-state index contributed by atoms with van der Waals surface area (Å²) in [6, 6.07) is 13.1. The summed E-state index contributed by atoms with van der Waals surface area (Å²) in [6.07, 6.45) is -0.0556. The van der Waals surface area contributed by atoms with Crippen molar-refractivity contribution in [2.45, 2.75) is 6.42 Å². The summed E-state index contributed by atoms with van der Waals surface area (Å²) >= 11 is 6.90. The van der Waals surface area contributed by atoms with Crippen LogP contribution in [-0.4, -0.2) is 29.1 Å². The van der Waals surface area contributed by atoms with Crippen LogP contribution in [0.3, 0.4) is 0 Å². The Hall–Kier alpha value is -3.09. The van der Waals surface area contributed by atoms with E-state index in [0.717, 1.165) is 0 Å². The van der Waals surface area contributed by atoms with Crippen LogP contribution >= 0.6 is 22.9 Å². The minimum absolute atomic E-state index is 0.0556. The van der Waals surface area contributed by atoms with Gasteiger partial charge < -0.3 is 5.32 Å². The van der Waals surface area contributed by atoms with Gasteiger partial charge in [0.2, 0.25) is 0 Å². The van der Waals surface area contributed by atoms with Gasteiger partial charge in [0.15, 0.2) is 17.3 Å². The highest BCUT2D eigenvalue weighted by Crippen LogP contribution is 2.35. The largest absolute Gasteiger partial charge is 0.320 e. The molecular formula is C22H14ClNO4S. The van der Waals surface area contributed by atoms with E-state index >= 15 is 0 Å². The molecule has 7 heteroatoms. The Balaban J connectivity index is 1.88. The monoisotopic (exact) mass is 423 g/mol. The summed E-state index contributed by atoms with van der Waals surface area (Å²) in [5.41, 5.74) is 1.55. The summed E-state index contributed by atoms with van der Waals surface area (Å²) in [6.45, 7) is 0. The highest BCUT2D eigenvalue weighted by Gasteiger charge is 2.33. The lowest BCUT2D eigenvalue weighted by Crippen LogP contribution is -2.25. The lowest BCUT2D eigenvalue weighted by atomic mass is 9.81. The minimum Gasteiger partial charge on any atom is -0.320 e. The van der Waals surface area contributed by atoms with E-state index in [2.05, 4.69) is 5.32 Å². The molecule has 0 unspecified atom stereocenters. The van der Waals surface area contributed by atoms with Crippen molar-refractivity contribution in [2.75, 3.05) is 11.2 Å². The average molecular weight is 424 g/mol. The fourth-order valence-corrected chi connectivity index (χ4v) is 4.08. The second kappa shape index (κ2) is 7.73. The quantitative estimate of drug-likeness (QED) is 0.489. The van der Waals surface area contributed by atoms with E-state index in [0.29, 0.717) is 16.0 Å². The molecule has 1 aliphatic rings. The number of nitrogens with one attached hydrogen (secondary N) is 1. The molecular weight excluding hydrogens is 410 g/mol. The van der Waals surface area contributed by atoms with Gasteiger partial charge in [-0.1, -0.05) is 36.4 Å². The van der Waals surface area contributed by atoms with Gasteiger partial charge in [0.1, 0.15) is 0 Å². The molecule has 29 heavy (non-hydrogen) atoms. The Bertz CT molecular complexity index is 1170. The lowest BCUT2D eigenvalue weighted by Gasteiger charge is -2.22. The molecule has 0 radical (unpaired) electrons. The number of thiophene rings is 1. The third kappa shape index (κ3) is 3.41. The molecule has 4 rings (SSSR count). The molecule has 1 heterocycles. The van der Waals surface area contributed by atoms with Gasteiger partial charge in [-0.2, -0.15) is 0 Å². The van der Waals surface area contributed by atoms with Gasteiger partial charge in [-0.15, -0.1) is 22.9 Å². The van der Waals surface area contributed by atoms with Gasteiger partial charge in [-0.05, 0) is 23.1 Å². The number of Topliss-reactive ketones (excluding diaryl/α,β-unsaturated/α-hetero) is 1. The highest BCUT2D eigenvalue weighted by atomic mass is 35.5. The van der Waals surface area contributed by atoms with Crippen LogP contribution in [0.2, 0.25) is 0 Å². The van der Waals surface area contributed by atoms with E-state index in [1.165, 1.54) is 17.4 Å². The molecule has 1 aliphatic carbocycles. The third-order valence-electron chi connectivity index (χ3n) is 4.70. The van der Waals surface area contributed by atoms with Gasteiger partial charge in [0, 0.05) is 23.1 Å². The van der Waals surface area contributed by atoms with E-state index in [-0.39, 0.29) is 52.0 Å². The molecule has 1 N–H and O–H groups in total. The SMILES string of the molecule is O=C(CCl)Cc1ccc2c(c1NC(=O)c1cccs1)C(=O)c1ccccc1C2=O. The van der Waals surface area contributed by atoms with Crippen molar-refractivity contribution in [2.24, 2.45) is 0 Å². The van der Waals surface area contributed by atoms with Crippen LogP contribution < -0.4 is 5.32 Å². The number of hydrogen-bond donors (Lipinski definition) is 1. The van der Waals surface area contributed by atoms with Gasteiger partial charge in [-0.25, -0.2) is 0 Å². The maximum absolute atomic E-state index is 13.2. The molecule has 144 valence electrons. The maximum atomic E-state index is 13.2. The molecule has 1 amide bonds. The Morgan fingerprint density at radius 2 is 1.62 bits per heavy atom. The Morgan fingerprint density at radius 1 is 0.897 bits per heavy atom. The minimum atomic E-state index is -0.410. The standard InChI is InChI=1S/C22H14ClNO4S/c23-11-13(25)10-12-7-8-16-18(19(12)24-22(28)17-6-3-9-29-17)21(27)15-5-2-1-4-14(15)20(16)26/h1-9H,10-11H2,(H,24,28). The van der Waals surface area contributed by atoms with E-state index in [4.69, 9.17) is 11.6 Å². The number of halogens is 1. The number of amides is 1. The van der Waals surface area contributed by atoms with Crippen molar-refractivity contribution >= 4 is 51.9 Å². The van der Waals surface area contributed by atoms with Gasteiger partial charge >= 0.3 is 0 Å². The molecule has 0 saturated carbocycles. The maximum Gasteiger partial charge on any atom is 0.265 e. The predicted molar refractivity (Wildman–Crippen MR) is 111 cm³/mol.